The van der Waals surface area contributed by atoms with E-state index in [9.17, 15) is 0 Å². The van der Waals surface area contributed by atoms with Gasteiger partial charge in [0.2, 0.25) is 0 Å². The van der Waals surface area contributed by atoms with Gasteiger partial charge in [0.05, 0.1) is 14.2 Å². The van der Waals surface area contributed by atoms with Crippen LogP contribution in [0.1, 0.15) is 11.1 Å². The van der Waals surface area contributed by atoms with Crippen molar-refractivity contribution in [2.24, 2.45) is 0 Å². The van der Waals surface area contributed by atoms with E-state index in [1.54, 1.807) is 26.4 Å². The van der Waals surface area contributed by atoms with E-state index >= 15 is 0 Å². The highest BCUT2D eigenvalue weighted by atomic mass is 16.5. The van der Waals surface area contributed by atoms with Crippen LogP contribution in [-0.2, 0) is 0 Å². The minimum absolute atomic E-state index is 0.694. The Bertz CT molecular complexity index is 319. The first-order chi connectivity index (χ1) is 6.78. The average Bonchev–Trinajstić information content (AvgIpc) is 2.26. The van der Waals surface area contributed by atoms with Crippen LogP contribution >= 0.6 is 0 Å². The molecule has 0 saturated heterocycles. The lowest BCUT2D eigenvalue weighted by Crippen LogP contribution is -1.95. The molecule has 0 aromatic heterocycles. The zero-order chi connectivity index (χ0) is 10.6. The van der Waals surface area contributed by atoms with E-state index in [-0.39, 0.29) is 0 Å². The summed E-state index contributed by atoms with van der Waals surface area (Å²) in [5.74, 6) is 1.39. The van der Waals surface area contributed by atoms with Crippen LogP contribution in [0.25, 0.3) is 12.2 Å². The van der Waals surface area contributed by atoms with Crippen molar-refractivity contribution in [1.82, 2.24) is 0 Å². The Morgan fingerprint density at radius 2 is 1.29 bits per heavy atom. The highest BCUT2D eigenvalue weighted by molar-refractivity contribution is 5.69. The summed E-state index contributed by atoms with van der Waals surface area (Å²) in [5, 5.41) is 0. The van der Waals surface area contributed by atoms with Gasteiger partial charge < -0.3 is 9.47 Å². The number of hydrogen-bond donors (Lipinski definition) is 0. The third kappa shape index (κ3) is 1.64. The van der Waals surface area contributed by atoms with E-state index < -0.39 is 0 Å². The molecular weight excluding hydrogens is 176 g/mol. The molecule has 0 amide bonds. The predicted molar refractivity (Wildman–Crippen MR) is 59.7 cm³/mol. The molecule has 0 atom stereocenters. The normalized spacial score (nSPS) is 9.29. The molecule has 0 bridgehead atoms. The van der Waals surface area contributed by atoms with Gasteiger partial charge in [-0.05, 0) is 0 Å². The van der Waals surface area contributed by atoms with Gasteiger partial charge in [-0.3, -0.25) is 0 Å². The molecule has 74 valence electrons. The second kappa shape index (κ2) is 4.51. The van der Waals surface area contributed by atoms with E-state index in [4.69, 9.17) is 9.47 Å². The topological polar surface area (TPSA) is 18.5 Å². The Labute approximate surface area is 84.5 Å². The predicted octanol–water partition coefficient (Wildman–Crippen LogP) is 2.99. The molecule has 1 aromatic carbocycles. The van der Waals surface area contributed by atoms with Crippen LogP contribution < -0.4 is 9.47 Å². The van der Waals surface area contributed by atoms with Gasteiger partial charge in [-0.15, -0.1) is 0 Å². The highest BCUT2D eigenvalue weighted by Crippen LogP contribution is 2.35. The van der Waals surface area contributed by atoms with Crippen molar-refractivity contribution in [3.8, 4) is 11.5 Å². The van der Waals surface area contributed by atoms with E-state index in [1.807, 2.05) is 12.1 Å². The molecule has 0 aliphatic carbocycles. The lowest BCUT2D eigenvalue weighted by Gasteiger charge is -2.12. The van der Waals surface area contributed by atoms with Gasteiger partial charge in [0.25, 0.3) is 0 Å². The van der Waals surface area contributed by atoms with Crippen molar-refractivity contribution in [3.05, 3.63) is 36.4 Å². The van der Waals surface area contributed by atoms with Crippen LogP contribution in [0.2, 0.25) is 0 Å². The Morgan fingerprint density at radius 3 is 1.50 bits per heavy atom. The van der Waals surface area contributed by atoms with Crippen LogP contribution in [0, 0.1) is 0 Å². The summed E-state index contributed by atoms with van der Waals surface area (Å²) in [6.07, 6.45) is 3.46. The van der Waals surface area contributed by atoms with Crippen LogP contribution in [-0.4, -0.2) is 14.2 Å². The third-order valence-corrected chi connectivity index (χ3v) is 2.02. The third-order valence-electron chi connectivity index (χ3n) is 2.02. The molecule has 1 aromatic rings. The first-order valence-electron chi connectivity index (χ1n) is 4.28. The van der Waals surface area contributed by atoms with Crippen molar-refractivity contribution in [2.75, 3.05) is 14.2 Å². The van der Waals surface area contributed by atoms with Crippen LogP contribution in [0.15, 0.2) is 25.3 Å². The molecular formula is C12H14O2. The largest absolute Gasteiger partial charge is 0.492 e. The summed E-state index contributed by atoms with van der Waals surface area (Å²) < 4.78 is 10.5. The molecule has 0 aliphatic heterocycles. The number of methoxy groups -OCH3 is 2. The quantitative estimate of drug-likeness (QED) is 0.726. The lowest BCUT2D eigenvalue weighted by atomic mass is 10.1. The second-order valence-corrected chi connectivity index (χ2v) is 2.72. The number of hydrogen-bond acceptors (Lipinski definition) is 2. The zero-order valence-corrected chi connectivity index (χ0v) is 8.54. The van der Waals surface area contributed by atoms with Gasteiger partial charge in [-0.1, -0.05) is 37.4 Å². The maximum Gasteiger partial charge on any atom is 0.168 e. The molecule has 1 rings (SSSR count). The fourth-order valence-corrected chi connectivity index (χ4v) is 1.34. The van der Waals surface area contributed by atoms with Gasteiger partial charge >= 0.3 is 0 Å². The SMILES string of the molecule is C=Cc1ccc(C=C)c(OC)c1OC. The van der Waals surface area contributed by atoms with Crippen molar-refractivity contribution >= 4 is 12.2 Å². The van der Waals surface area contributed by atoms with Gasteiger partial charge in [-0.25, -0.2) is 0 Å². The standard InChI is InChI=1S/C12H14O2/c1-5-9-7-8-10(6-2)12(14-4)11(9)13-3/h5-8H,1-2H2,3-4H3. The van der Waals surface area contributed by atoms with Gasteiger partial charge in [0.15, 0.2) is 11.5 Å². The highest BCUT2D eigenvalue weighted by Gasteiger charge is 2.10. The molecule has 2 nitrogen and oxygen atoms in total. The van der Waals surface area contributed by atoms with E-state index in [1.165, 1.54) is 0 Å². The fourth-order valence-electron chi connectivity index (χ4n) is 1.34. The molecule has 0 spiro atoms. The molecule has 0 saturated carbocycles. The Balaban J connectivity index is 3.42. The average molecular weight is 190 g/mol. The molecule has 0 fully saturated rings. The van der Waals surface area contributed by atoms with Crippen LogP contribution in [0.3, 0.4) is 0 Å². The van der Waals surface area contributed by atoms with Crippen LogP contribution in [0.5, 0.6) is 11.5 Å². The number of rotatable bonds is 4. The van der Waals surface area contributed by atoms with Gasteiger partial charge in [0, 0.05) is 11.1 Å². The fraction of sp³-hybridized carbons (Fsp3) is 0.167. The maximum absolute atomic E-state index is 5.26. The lowest BCUT2D eigenvalue weighted by molar-refractivity contribution is 0.354. The van der Waals surface area contributed by atoms with Crippen molar-refractivity contribution in [3.63, 3.8) is 0 Å². The number of benzene rings is 1. The maximum atomic E-state index is 5.26. The van der Waals surface area contributed by atoms with Crippen LogP contribution in [0.4, 0.5) is 0 Å². The molecule has 2 heteroatoms. The van der Waals surface area contributed by atoms with Crippen molar-refractivity contribution in [2.45, 2.75) is 0 Å². The molecule has 0 aliphatic rings. The summed E-state index contributed by atoms with van der Waals surface area (Å²) in [5.41, 5.74) is 1.82. The molecule has 0 heterocycles. The Hall–Kier alpha value is -1.70. The summed E-state index contributed by atoms with van der Waals surface area (Å²) in [6, 6.07) is 3.84. The molecule has 0 radical (unpaired) electrons. The zero-order valence-electron chi connectivity index (χ0n) is 8.54. The van der Waals surface area contributed by atoms with E-state index in [0.29, 0.717) is 11.5 Å². The van der Waals surface area contributed by atoms with E-state index in [0.717, 1.165) is 11.1 Å². The smallest absolute Gasteiger partial charge is 0.168 e. The minimum Gasteiger partial charge on any atom is -0.492 e. The molecule has 14 heavy (non-hydrogen) atoms. The Morgan fingerprint density at radius 1 is 0.929 bits per heavy atom. The summed E-state index contributed by atoms with van der Waals surface area (Å²) in [7, 11) is 3.22. The minimum atomic E-state index is 0.694. The number of ether oxygens (including phenoxy) is 2. The summed E-state index contributed by atoms with van der Waals surface area (Å²) >= 11 is 0. The van der Waals surface area contributed by atoms with Crippen molar-refractivity contribution < 1.29 is 9.47 Å². The monoisotopic (exact) mass is 190 g/mol. The summed E-state index contributed by atoms with van der Waals surface area (Å²) in [6.45, 7) is 7.42. The second-order valence-electron chi connectivity index (χ2n) is 2.72. The first kappa shape index (κ1) is 10.4. The Kier molecular flexibility index (Phi) is 3.35. The summed E-state index contributed by atoms with van der Waals surface area (Å²) in [4.78, 5) is 0. The van der Waals surface area contributed by atoms with E-state index in [2.05, 4.69) is 13.2 Å². The first-order valence-corrected chi connectivity index (χ1v) is 4.28. The molecule has 0 N–H and O–H groups in total. The van der Waals surface area contributed by atoms with Gasteiger partial charge in [-0.2, -0.15) is 0 Å². The van der Waals surface area contributed by atoms with Gasteiger partial charge in [0.1, 0.15) is 0 Å². The molecule has 0 unspecified atom stereocenters. The van der Waals surface area contributed by atoms with Crippen molar-refractivity contribution in [1.29, 1.82) is 0 Å².